The first-order chi connectivity index (χ1) is 9.67. The van der Waals surface area contributed by atoms with Crippen LogP contribution in [-0.2, 0) is 26.6 Å². The molecule has 0 saturated carbocycles. The molecule has 0 amide bonds. The molecular formula is C16H24N4. The standard InChI is InChI=1S/C16H24N4/c1-4-14-10-16(19(3)18-14)12-20(5-2)15-8-6-13(11-17)7-9-15/h6-10H,4-5,11-12,17H2,1-3H3. The zero-order valence-electron chi connectivity index (χ0n) is 12.6. The smallest absolute Gasteiger partial charge is 0.0625 e. The van der Waals surface area contributed by atoms with E-state index in [2.05, 4.69) is 54.2 Å². The summed E-state index contributed by atoms with van der Waals surface area (Å²) in [6, 6.07) is 10.7. The summed E-state index contributed by atoms with van der Waals surface area (Å²) in [5.41, 5.74) is 10.4. The molecule has 2 aromatic rings. The third-order valence-corrected chi connectivity index (χ3v) is 3.66. The van der Waals surface area contributed by atoms with E-state index in [4.69, 9.17) is 5.73 Å². The second-order valence-corrected chi connectivity index (χ2v) is 4.99. The lowest BCUT2D eigenvalue weighted by atomic mass is 10.2. The van der Waals surface area contributed by atoms with Gasteiger partial charge in [0.05, 0.1) is 17.9 Å². The van der Waals surface area contributed by atoms with Gasteiger partial charge in [0.15, 0.2) is 0 Å². The molecular weight excluding hydrogens is 248 g/mol. The van der Waals surface area contributed by atoms with Crippen molar-refractivity contribution in [2.75, 3.05) is 11.4 Å². The second kappa shape index (κ2) is 6.57. The third-order valence-electron chi connectivity index (χ3n) is 3.66. The van der Waals surface area contributed by atoms with Crippen LogP contribution in [0.5, 0.6) is 0 Å². The fraction of sp³-hybridized carbons (Fsp3) is 0.438. The van der Waals surface area contributed by atoms with Gasteiger partial charge in [-0.3, -0.25) is 4.68 Å². The van der Waals surface area contributed by atoms with Crippen molar-refractivity contribution in [3.05, 3.63) is 47.3 Å². The summed E-state index contributed by atoms with van der Waals surface area (Å²) >= 11 is 0. The molecule has 0 radical (unpaired) electrons. The Morgan fingerprint density at radius 3 is 2.40 bits per heavy atom. The Morgan fingerprint density at radius 1 is 1.20 bits per heavy atom. The van der Waals surface area contributed by atoms with Crippen LogP contribution in [0.1, 0.15) is 30.8 Å². The molecule has 0 unspecified atom stereocenters. The molecule has 0 atom stereocenters. The summed E-state index contributed by atoms with van der Waals surface area (Å²) in [5, 5.41) is 4.51. The van der Waals surface area contributed by atoms with E-state index in [-0.39, 0.29) is 0 Å². The average molecular weight is 272 g/mol. The molecule has 0 fully saturated rings. The van der Waals surface area contributed by atoms with Crippen LogP contribution in [0.15, 0.2) is 30.3 Å². The normalized spacial score (nSPS) is 10.8. The fourth-order valence-electron chi connectivity index (χ4n) is 2.32. The van der Waals surface area contributed by atoms with Gasteiger partial charge in [-0.2, -0.15) is 5.10 Å². The highest BCUT2D eigenvalue weighted by Crippen LogP contribution is 2.18. The van der Waals surface area contributed by atoms with Crippen molar-refractivity contribution in [3.8, 4) is 0 Å². The van der Waals surface area contributed by atoms with Crippen molar-refractivity contribution in [1.29, 1.82) is 0 Å². The Labute approximate surface area is 121 Å². The van der Waals surface area contributed by atoms with Crippen molar-refractivity contribution >= 4 is 5.69 Å². The molecule has 1 aromatic carbocycles. The Hall–Kier alpha value is -1.81. The molecule has 0 spiro atoms. The first-order valence-corrected chi connectivity index (χ1v) is 7.23. The molecule has 108 valence electrons. The minimum Gasteiger partial charge on any atom is -0.366 e. The molecule has 0 bridgehead atoms. The molecule has 0 saturated heterocycles. The molecule has 0 aliphatic rings. The van der Waals surface area contributed by atoms with Crippen molar-refractivity contribution in [2.24, 2.45) is 12.8 Å². The predicted molar refractivity (Wildman–Crippen MR) is 83.6 cm³/mol. The summed E-state index contributed by atoms with van der Waals surface area (Å²) in [7, 11) is 2.01. The van der Waals surface area contributed by atoms with Crippen LogP contribution in [0.4, 0.5) is 5.69 Å². The zero-order valence-corrected chi connectivity index (χ0v) is 12.6. The Bertz CT molecular complexity index is 542. The highest BCUT2D eigenvalue weighted by Gasteiger charge is 2.09. The van der Waals surface area contributed by atoms with Crippen LogP contribution in [-0.4, -0.2) is 16.3 Å². The van der Waals surface area contributed by atoms with Crippen molar-refractivity contribution in [1.82, 2.24) is 9.78 Å². The lowest BCUT2D eigenvalue weighted by Gasteiger charge is -2.23. The van der Waals surface area contributed by atoms with Crippen LogP contribution in [0, 0.1) is 0 Å². The number of nitrogens with two attached hydrogens (primary N) is 1. The Balaban J connectivity index is 2.16. The van der Waals surface area contributed by atoms with E-state index in [1.807, 2.05) is 11.7 Å². The van der Waals surface area contributed by atoms with Gasteiger partial charge in [0.25, 0.3) is 0 Å². The number of aromatic nitrogens is 2. The minimum absolute atomic E-state index is 0.591. The van der Waals surface area contributed by atoms with Gasteiger partial charge in [0.2, 0.25) is 0 Å². The quantitative estimate of drug-likeness (QED) is 0.878. The van der Waals surface area contributed by atoms with E-state index in [0.717, 1.165) is 25.2 Å². The summed E-state index contributed by atoms with van der Waals surface area (Å²) in [6.45, 7) is 6.74. The van der Waals surface area contributed by atoms with Crippen LogP contribution >= 0.6 is 0 Å². The van der Waals surface area contributed by atoms with E-state index in [0.29, 0.717) is 6.54 Å². The zero-order chi connectivity index (χ0) is 14.5. The molecule has 20 heavy (non-hydrogen) atoms. The van der Waals surface area contributed by atoms with Crippen molar-refractivity contribution in [3.63, 3.8) is 0 Å². The number of rotatable bonds is 6. The largest absolute Gasteiger partial charge is 0.366 e. The van der Waals surface area contributed by atoms with Gasteiger partial charge in [-0.05, 0) is 37.1 Å². The summed E-state index contributed by atoms with van der Waals surface area (Å²) < 4.78 is 1.98. The van der Waals surface area contributed by atoms with Gasteiger partial charge in [-0.15, -0.1) is 0 Å². The average Bonchev–Trinajstić information content (AvgIpc) is 2.85. The molecule has 1 aromatic heterocycles. The lowest BCUT2D eigenvalue weighted by Crippen LogP contribution is -2.23. The fourth-order valence-corrected chi connectivity index (χ4v) is 2.32. The molecule has 4 heteroatoms. The minimum atomic E-state index is 0.591. The van der Waals surface area contributed by atoms with E-state index >= 15 is 0 Å². The number of benzene rings is 1. The van der Waals surface area contributed by atoms with E-state index in [1.165, 1.54) is 16.9 Å². The van der Waals surface area contributed by atoms with E-state index in [9.17, 15) is 0 Å². The Morgan fingerprint density at radius 2 is 1.90 bits per heavy atom. The molecule has 1 heterocycles. The number of anilines is 1. The molecule has 0 aliphatic heterocycles. The molecule has 0 aliphatic carbocycles. The predicted octanol–water partition coefficient (Wildman–Crippen LogP) is 2.47. The first-order valence-electron chi connectivity index (χ1n) is 7.23. The maximum Gasteiger partial charge on any atom is 0.0625 e. The van der Waals surface area contributed by atoms with Gasteiger partial charge in [0.1, 0.15) is 0 Å². The molecule has 2 N–H and O–H groups in total. The maximum atomic E-state index is 5.64. The third kappa shape index (κ3) is 3.20. The summed E-state index contributed by atoms with van der Waals surface area (Å²) in [4.78, 5) is 2.34. The summed E-state index contributed by atoms with van der Waals surface area (Å²) in [5.74, 6) is 0. The summed E-state index contributed by atoms with van der Waals surface area (Å²) in [6.07, 6.45) is 0.977. The second-order valence-electron chi connectivity index (χ2n) is 4.99. The SMILES string of the molecule is CCc1cc(CN(CC)c2ccc(CN)cc2)n(C)n1. The van der Waals surface area contributed by atoms with Crippen molar-refractivity contribution < 1.29 is 0 Å². The molecule has 4 nitrogen and oxygen atoms in total. The van der Waals surface area contributed by atoms with E-state index in [1.54, 1.807) is 0 Å². The van der Waals surface area contributed by atoms with Gasteiger partial charge >= 0.3 is 0 Å². The monoisotopic (exact) mass is 272 g/mol. The van der Waals surface area contributed by atoms with Gasteiger partial charge in [0, 0.05) is 25.8 Å². The first kappa shape index (κ1) is 14.6. The van der Waals surface area contributed by atoms with Gasteiger partial charge < -0.3 is 10.6 Å². The lowest BCUT2D eigenvalue weighted by molar-refractivity contribution is 0.678. The van der Waals surface area contributed by atoms with Crippen LogP contribution < -0.4 is 10.6 Å². The van der Waals surface area contributed by atoms with Crippen LogP contribution in [0.25, 0.3) is 0 Å². The number of hydrogen-bond acceptors (Lipinski definition) is 3. The topological polar surface area (TPSA) is 47.1 Å². The highest BCUT2D eigenvalue weighted by molar-refractivity contribution is 5.47. The van der Waals surface area contributed by atoms with Gasteiger partial charge in [-0.1, -0.05) is 19.1 Å². The van der Waals surface area contributed by atoms with Gasteiger partial charge in [-0.25, -0.2) is 0 Å². The van der Waals surface area contributed by atoms with Crippen molar-refractivity contribution in [2.45, 2.75) is 33.4 Å². The number of nitrogens with zero attached hydrogens (tertiary/aromatic N) is 3. The maximum absolute atomic E-state index is 5.64. The van der Waals surface area contributed by atoms with Crippen LogP contribution in [0.3, 0.4) is 0 Å². The van der Waals surface area contributed by atoms with Crippen LogP contribution in [0.2, 0.25) is 0 Å². The Kier molecular flexibility index (Phi) is 4.79. The van der Waals surface area contributed by atoms with E-state index < -0.39 is 0 Å². The molecule has 2 rings (SSSR count). The highest BCUT2D eigenvalue weighted by atomic mass is 15.3. The number of hydrogen-bond donors (Lipinski definition) is 1. The number of aryl methyl sites for hydroxylation is 2.